The molecule has 1 saturated heterocycles. The Labute approximate surface area is 151 Å². The summed E-state index contributed by atoms with van der Waals surface area (Å²) in [5.74, 6) is -0.183. The molecular weight excluding hydrogens is 337 g/mol. The van der Waals surface area contributed by atoms with Crippen LogP contribution in [-0.4, -0.2) is 53.4 Å². The van der Waals surface area contributed by atoms with Crippen molar-refractivity contribution in [2.75, 3.05) is 32.7 Å². The largest absolute Gasteiger partial charge is 0.336 e. The van der Waals surface area contributed by atoms with Crippen molar-refractivity contribution in [3.63, 3.8) is 0 Å². The highest BCUT2D eigenvalue weighted by molar-refractivity contribution is 7.09. The van der Waals surface area contributed by atoms with Gasteiger partial charge >= 0.3 is 0 Å². The predicted octanol–water partition coefficient (Wildman–Crippen LogP) is 3.45. The van der Waals surface area contributed by atoms with Gasteiger partial charge in [-0.1, -0.05) is 24.3 Å². The first-order valence-electron chi connectivity index (χ1n) is 8.48. The molecule has 25 heavy (non-hydrogen) atoms. The maximum absolute atomic E-state index is 12.9. The fourth-order valence-electron chi connectivity index (χ4n) is 2.89. The molecule has 0 aliphatic carbocycles. The molecule has 0 spiro atoms. The van der Waals surface area contributed by atoms with Crippen LogP contribution in [0, 0.1) is 12.7 Å². The van der Waals surface area contributed by atoms with Gasteiger partial charge in [0.2, 0.25) is 0 Å². The van der Waals surface area contributed by atoms with E-state index in [1.807, 2.05) is 23.3 Å². The van der Waals surface area contributed by atoms with Gasteiger partial charge in [0.25, 0.3) is 5.91 Å². The van der Waals surface area contributed by atoms with Crippen molar-refractivity contribution < 1.29 is 9.18 Å². The van der Waals surface area contributed by atoms with E-state index in [2.05, 4.69) is 16.0 Å². The Balaban J connectivity index is 1.51. The molecule has 1 aromatic heterocycles. The molecule has 0 N–H and O–H groups in total. The van der Waals surface area contributed by atoms with Crippen LogP contribution in [-0.2, 0) is 0 Å². The van der Waals surface area contributed by atoms with Gasteiger partial charge in [-0.15, -0.1) is 11.3 Å². The molecule has 2 heterocycles. The molecule has 1 fully saturated rings. The summed E-state index contributed by atoms with van der Waals surface area (Å²) in [6.45, 7) is 6.05. The van der Waals surface area contributed by atoms with E-state index in [9.17, 15) is 9.18 Å². The zero-order valence-electron chi connectivity index (χ0n) is 14.3. The molecule has 132 valence electrons. The van der Waals surface area contributed by atoms with Crippen LogP contribution in [0.15, 0.2) is 35.7 Å². The van der Waals surface area contributed by atoms with Crippen LogP contribution in [0.2, 0.25) is 0 Å². The number of carbonyl (C=O) groups is 1. The molecule has 3 rings (SSSR count). The van der Waals surface area contributed by atoms with Gasteiger partial charge in [-0.2, -0.15) is 0 Å². The lowest BCUT2D eigenvalue weighted by Crippen LogP contribution is -2.35. The minimum atomic E-state index is -0.218. The van der Waals surface area contributed by atoms with Gasteiger partial charge in [-0.3, -0.25) is 9.69 Å². The average molecular weight is 359 g/mol. The summed E-state index contributed by atoms with van der Waals surface area (Å²) in [4.78, 5) is 21.0. The van der Waals surface area contributed by atoms with Gasteiger partial charge in [0.05, 0.1) is 5.01 Å². The highest BCUT2D eigenvalue weighted by Crippen LogP contribution is 2.13. The number of amides is 1. The van der Waals surface area contributed by atoms with E-state index in [4.69, 9.17) is 0 Å². The Hall–Kier alpha value is -2.05. The number of carbonyl (C=O) groups excluding carboxylic acids is 1. The van der Waals surface area contributed by atoms with Crippen LogP contribution in [0.5, 0.6) is 0 Å². The average Bonchev–Trinajstić information content (AvgIpc) is 2.90. The van der Waals surface area contributed by atoms with Gasteiger partial charge in [0.15, 0.2) is 0 Å². The molecule has 2 aromatic rings. The van der Waals surface area contributed by atoms with Gasteiger partial charge in [0, 0.05) is 38.1 Å². The zero-order chi connectivity index (χ0) is 17.6. The van der Waals surface area contributed by atoms with E-state index in [1.54, 1.807) is 12.1 Å². The SMILES string of the molecule is Cc1nc(C(=O)N2CCCN(CC=Cc3ccc(F)cc3)CC2)cs1. The van der Waals surface area contributed by atoms with E-state index in [0.717, 1.165) is 49.7 Å². The Kier molecular flexibility index (Phi) is 5.94. The molecule has 1 amide bonds. The molecule has 6 heteroatoms. The van der Waals surface area contributed by atoms with Crippen molar-refractivity contribution in [3.05, 3.63) is 57.8 Å². The second kappa shape index (κ2) is 8.36. The van der Waals surface area contributed by atoms with Crippen LogP contribution in [0.25, 0.3) is 6.08 Å². The first-order chi connectivity index (χ1) is 12.1. The molecular formula is C19H22FN3OS. The number of hydrogen-bond donors (Lipinski definition) is 0. The molecule has 0 radical (unpaired) electrons. The van der Waals surface area contributed by atoms with Crippen LogP contribution in [0.4, 0.5) is 4.39 Å². The Morgan fingerprint density at radius 2 is 2.04 bits per heavy atom. The van der Waals surface area contributed by atoms with Crippen molar-refractivity contribution >= 4 is 23.3 Å². The molecule has 0 unspecified atom stereocenters. The minimum Gasteiger partial charge on any atom is -0.336 e. The fourth-order valence-corrected chi connectivity index (χ4v) is 3.48. The zero-order valence-corrected chi connectivity index (χ0v) is 15.1. The number of hydrogen-bond acceptors (Lipinski definition) is 4. The van der Waals surface area contributed by atoms with E-state index < -0.39 is 0 Å². The topological polar surface area (TPSA) is 36.4 Å². The third-order valence-electron chi connectivity index (χ3n) is 4.26. The van der Waals surface area contributed by atoms with E-state index >= 15 is 0 Å². The molecule has 1 aliphatic rings. The number of thiazole rings is 1. The summed E-state index contributed by atoms with van der Waals surface area (Å²) >= 11 is 1.51. The Morgan fingerprint density at radius 3 is 2.76 bits per heavy atom. The predicted molar refractivity (Wildman–Crippen MR) is 99.2 cm³/mol. The lowest BCUT2D eigenvalue weighted by molar-refractivity contribution is 0.0757. The van der Waals surface area contributed by atoms with Gasteiger partial charge < -0.3 is 4.90 Å². The van der Waals surface area contributed by atoms with E-state index in [-0.39, 0.29) is 11.7 Å². The molecule has 1 aromatic carbocycles. The van der Waals surface area contributed by atoms with Crippen molar-refractivity contribution in [3.8, 4) is 0 Å². The molecule has 1 aliphatic heterocycles. The van der Waals surface area contributed by atoms with Crippen molar-refractivity contribution in [2.45, 2.75) is 13.3 Å². The van der Waals surface area contributed by atoms with Crippen molar-refractivity contribution in [1.82, 2.24) is 14.8 Å². The maximum atomic E-state index is 12.9. The maximum Gasteiger partial charge on any atom is 0.273 e. The smallest absolute Gasteiger partial charge is 0.273 e. The first-order valence-corrected chi connectivity index (χ1v) is 9.35. The number of halogens is 1. The summed E-state index contributed by atoms with van der Waals surface area (Å²) < 4.78 is 12.9. The standard InChI is InChI=1S/C19H22FN3OS/c1-15-21-18(14-25-15)19(24)23-11-3-10-22(12-13-23)9-2-4-16-5-7-17(20)8-6-16/h2,4-8,14H,3,9-13H2,1H3. The molecule has 0 saturated carbocycles. The number of rotatable bonds is 4. The molecule has 4 nitrogen and oxygen atoms in total. The van der Waals surface area contributed by atoms with Gasteiger partial charge in [-0.05, 0) is 31.0 Å². The number of aromatic nitrogens is 1. The number of aryl methyl sites for hydroxylation is 1. The van der Waals surface area contributed by atoms with Crippen molar-refractivity contribution in [2.24, 2.45) is 0 Å². The van der Waals surface area contributed by atoms with Gasteiger partial charge in [0.1, 0.15) is 11.5 Å². The van der Waals surface area contributed by atoms with Crippen LogP contribution >= 0.6 is 11.3 Å². The summed E-state index contributed by atoms with van der Waals surface area (Å²) in [6, 6.07) is 6.47. The minimum absolute atomic E-state index is 0.0352. The summed E-state index contributed by atoms with van der Waals surface area (Å²) in [7, 11) is 0. The third kappa shape index (κ3) is 4.96. The number of nitrogens with zero attached hydrogens (tertiary/aromatic N) is 3. The normalized spacial score (nSPS) is 16.3. The lowest BCUT2D eigenvalue weighted by Gasteiger charge is -2.20. The summed E-state index contributed by atoms with van der Waals surface area (Å²) in [5.41, 5.74) is 1.55. The Morgan fingerprint density at radius 1 is 1.24 bits per heavy atom. The molecule has 0 bridgehead atoms. The second-order valence-electron chi connectivity index (χ2n) is 6.15. The molecule has 0 atom stereocenters. The monoisotopic (exact) mass is 359 g/mol. The third-order valence-corrected chi connectivity index (χ3v) is 5.03. The Bertz CT molecular complexity index is 741. The van der Waals surface area contributed by atoms with Crippen LogP contribution in [0.1, 0.15) is 27.5 Å². The van der Waals surface area contributed by atoms with Gasteiger partial charge in [-0.25, -0.2) is 9.37 Å². The van der Waals surface area contributed by atoms with E-state index in [0.29, 0.717) is 5.69 Å². The van der Waals surface area contributed by atoms with Crippen molar-refractivity contribution in [1.29, 1.82) is 0 Å². The quantitative estimate of drug-likeness (QED) is 0.839. The number of benzene rings is 1. The fraction of sp³-hybridized carbons (Fsp3) is 0.368. The van der Waals surface area contributed by atoms with Crippen LogP contribution < -0.4 is 0 Å². The highest BCUT2D eigenvalue weighted by atomic mass is 32.1. The second-order valence-corrected chi connectivity index (χ2v) is 7.21. The van der Waals surface area contributed by atoms with Crippen LogP contribution in [0.3, 0.4) is 0 Å². The summed E-state index contributed by atoms with van der Waals surface area (Å²) in [5, 5.41) is 2.76. The van der Waals surface area contributed by atoms with E-state index in [1.165, 1.54) is 23.5 Å². The highest BCUT2D eigenvalue weighted by Gasteiger charge is 2.21. The summed E-state index contributed by atoms with van der Waals surface area (Å²) in [6.07, 6.45) is 5.05. The lowest BCUT2D eigenvalue weighted by atomic mass is 10.2. The first kappa shape index (κ1) is 17.8.